The molecule has 5 aromatic carbocycles. The fourth-order valence-corrected chi connectivity index (χ4v) is 9.02. The predicted octanol–water partition coefficient (Wildman–Crippen LogP) is 10.8. The van der Waals surface area contributed by atoms with E-state index in [0.717, 1.165) is 17.8 Å². The van der Waals surface area contributed by atoms with Crippen LogP contribution in [-0.2, 0) is 0 Å². The Hall–Kier alpha value is -4.23. The van der Waals surface area contributed by atoms with Crippen LogP contribution >= 0.6 is 0 Å². The molecule has 4 aliphatic carbocycles. The van der Waals surface area contributed by atoms with E-state index in [2.05, 4.69) is 102 Å². The highest BCUT2D eigenvalue weighted by Crippen LogP contribution is 2.56. The molecule has 0 amide bonds. The summed E-state index contributed by atoms with van der Waals surface area (Å²) in [5.41, 5.74) is 11.3. The summed E-state index contributed by atoms with van der Waals surface area (Å²) in [5.74, 6) is 3.09. The van der Waals surface area contributed by atoms with Crippen molar-refractivity contribution in [2.24, 2.45) is 11.8 Å². The van der Waals surface area contributed by atoms with Crippen molar-refractivity contribution in [3.8, 4) is 33.4 Å². The molecule has 1 aromatic heterocycles. The molecule has 4 aliphatic rings. The third-order valence-corrected chi connectivity index (χ3v) is 10.5. The SMILES string of the molecule is c1cncc(-c2c3ccccc3c(-c3ccc4c(c3)C3CC5CC(CC(C5)c5ccccc5-4)C3)c3ccccc23)c1. The van der Waals surface area contributed by atoms with Gasteiger partial charge in [-0.05, 0) is 122 Å². The number of hydrogen-bond donors (Lipinski definition) is 0. The number of pyridine rings is 1. The molecule has 1 heterocycles. The Morgan fingerprint density at radius 2 is 1.02 bits per heavy atom. The van der Waals surface area contributed by atoms with Gasteiger partial charge in [0.15, 0.2) is 0 Å². The van der Waals surface area contributed by atoms with Crippen LogP contribution in [0.4, 0.5) is 0 Å². The van der Waals surface area contributed by atoms with E-state index >= 15 is 0 Å². The summed E-state index contributed by atoms with van der Waals surface area (Å²) in [4.78, 5) is 4.48. The zero-order valence-electron chi connectivity index (χ0n) is 23.3. The van der Waals surface area contributed by atoms with Gasteiger partial charge in [0.2, 0.25) is 0 Å². The second-order valence-corrected chi connectivity index (χ2v) is 12.8. The van der Waals surface area contributed by atoms with Gasteiger partial charge >= 0.3 is 0 Å². The number of hydrogen-bond acceptors (Lipinski definition) is 1. The molecule has 41 heavy (non-hydrogen) atoms. The third kappa shape index (κ3) is 3.65. The minimum Gasteiger partial charge on any atom is -0.264 e. The van der Waals surface area contributed by atoms with Crippen molar-refractivity contribution in [2.45, 2.75) is 43.9 Å². The van der Waals surface area contributed by atoms with Gasteiger partial charge < -0.3 is 0 Å². The van der Waals surface area contributed by atoms with Crippen molar-refractivity contribution >= 4 is 21.5 Å². The minimum atomic E-state index is 0.646. The van der Waals surface area contributed by atoms with Crippen molar-refractivity contribution in [3.05, 3.63) is 127 Å². The first-order valence-electron chi connectivity index (χ1n) is 15.4. The van der Waals surface area contributed by atoms with Gasteiger partial charge in [0, 0.05) is 18.0 Å². The maximum atomic E-state index is 4.48. The van der Waals surface area contributed by atoms with Crippen molar-refractivity contribution in [3.63, 3.8) is 0 Å². The summed E-state index contributed by atoms with van der Waals surface area (Å²) in [6, 6.07) is 39.0. The molecule has 0 N–H and O–H groups in total. The van der Waals surface area contributed by atoms with E-state index in [1.54, 1.807) is 11.1 Å². The molecule has 198 valence electrons. The van der Waals surface area contributed by atoms with Crippen LogP contribution in [0.25, 0.3) is 54.9 Å². The van der Waals surface area contributed by atoms with E-state index in [0.29, 0.717) is 5.92 Å². The largest absolute Gasteiger partial charge is 0.264 e. The molecule has 4 bridgehead atoms. The lowest BCUT2D eigenvalue weighted by molar-refractivity contribution is 0.153. The molecule has 0 aliphatic heterocycles. The number of rotatable bonds is 2. The molecule has 0 spiro atoms. The van der Waals surface area contributed by atoms with Crippen LogP contribution in [0.2, 0.25) is 0 Å². The summed E-state index contributed by atoms with van der Waals surface area (Å²) in [6.07, 6.45) is 10.7. The molecular formula is C40H33N. The van der Waals surface area contributed by atoms with E-state index in [1.807, 2.05) is 18.5 Å². The second-order valence-electron chi connectivity index (χ2n) is 12.8. The average molecular weight is 528 g/mol. The van der Waals surface area contributed by atoms with E-state index in [-0.39, 0.29) is 0 Å². The van der Waals surface area contributed by atoms with Crippen molar-refractivity contribution in [1.82, 2.24) is 4.98 Å². The van der Waals surface area contributed by atoms with Crippen LogP contribution in [0.1, 0.15) is 55.1 Å². The van der Waals surface area contributed by atoms with Crippen molar-refractivity contribution in [1.29, 1.82) is 0 Å². The van der Waals surface area contributed by atoms with Gasteiger partial charge in [-0.2, -0.15) is 0 Å². The minimum absolute atomic E-state index is 0.646. The molecule has 2 saturated carbocycles. The summed E-state index contributed by atoms with van der Waals surface area (Å²) in [5, 5.41) is 5.22. The molecule has 6 aromatic rings. The summed E-state index contributed by atoms with van der Waals surface area (Å²) in [6.45, 7) is 0. The normalized spacial score (nSPS) is 22.6. The van der Waals surface area contributed by atoms with Crippen LogP contribution in [0.15, 0.2) is 116 Å². The van der Waals surface area contributed by atoms with Gasteiger partial charge in [0.25, 0.3) is 0 Å². The quantitative estimate of drug-likeness (QED) is 0.204. The van der Waals surface area contributed by atoms with E-state index < -0.39 is 0 Å². The topological polar surface area (TPSA) is 12.9 Å². The van der Waals surface area contributed by atoms with Crippen LogP contribution in [-0.4, -0.2) is 4.98 Å². The summed E-state index contributed by atoms with van der Waals surface area (Å²) < 4.78 is 0. The molecule has 0 radical (unpaired) electrons. The smallest absolute Gasteiger partial charge is 0.0346 e. The van der Waals surface area contributed by atoms with Crippen LogP contribution in [0.5, 0.6) is 0 Å². The zero-order chi connectivity index (χ0) is 26.9. The highest BCUT2D eigenvalue weighted by atomic mass is 14.6. The van der Waals surface area contributed by atoms with E-state index in [4.69, 9.17) is 0 Å². The predicted molar refractivity (Wildman–Crippen MR) is 171 cm³/mol. The number of nitrogens with zero attached hydrogens (tertiary/aromatic N) is 1. The number of aromatic nitrogens is 1. The van der Waals surface area contributed by atoms with E-state index in [9.17, 15) is 0 Å². The van der Waals surface area contributed by atoms with Crippen molar-refractivity contribution < 1.29 is 0 Å². The third-order valence-electron chi connectivity index (χ3n) is 10.5. The Morgan fingerprint density at radius 3 is 1.66 bits per heavy atom. The van der Waals surface area contributed by atoms with Crippen LogP contribution in [0.3, 0.4) is 0 Å². The maximum absolute atomic E-state index is 4.48. The highest BCUT2D eigenvalue weighted by molar-refractivity contribution is 6.21. The van der Waals surface area contributed by atoms with Gasteiger partial charge in [-0.25, -0.2) is 0 Å². The monoisotopic (exact) mass is 527 g/mol. The first kappa shape index (κ1) is 23.5. The van der Waals surface area contributed by atoms with Gasteiger partial charge in [0.1, 0.15) is 0 Å². The maximum Gasteiger partial charge on any atom is 0.0346 e. The molecule has 1 nitrogen and oxygen atoms in total. The Kier molecular flexibility index (Phi) is 5.23. The molecule has 1 heteroatoms. The molecule has 2 unspecified atom stereocenters. The van der Waals surface area contributed by atoms with E-state index in [1.165, 1.54) is 87.0 Å². The number of benzene rings is 5. The summed E-state index contributed by atoms with van der Waals surface area (Å²) in [7, 11) is 0. The standard InChI is InChI=1S/C40H33N/c1-2-10-32-31(9-1)29-19-25-18-26(20-29)22-30(21-25)38-23-27(15-16-33(32)38)39-34-11-3-5-13-36(34)40(28-8-7-17-41-24-28)37-14-6-4-12-35(37)39/h1-17,23-26,29-30H,18-22H2. The lowest BCUT2D eigenvalue weighted by Gasteiger charge is -2.42. The fraction of sp³-hybridized carbons (Fsp3) is 0.225. The zero-order valence-corrected chi connectivity index (χ0v) is 23.3. The van der Waals surface area contributed by atoms with Gasteiger partial charge in [-0.3, -0.25) is 4.98 Å². The molecule has 0 saturated heterocycles. The van der Waals surface area contributed by atoms with Gasteiger partial charge in [0.05, 0.1) is 0 Å². The molecule has 2 fully saturated rings. The van der Waals surface area contributed by atoms with Gasteiger partial charge in [-0.1, -0.05) is 97.1 Å². The van der Waals surface area contributed by atoms with Gasteiger partial charge in [-0.15, -0.1) is 0 Å². The Labute approximate surface area is 241 Å². The molecular weight excluding hydrogens is 494 g/mol. The Morgan fingerprint density at radius 1 is 0.463 bits per heavy atom. The number of fused-ring (bicyclic) bond motifs is 2. The first-order valence-corrected chi connectivity index (χ1v) is 15.4. The first-order chi connectivity index (χ1) is 20.3. The highest BCUT2D eigenvalue weighted by Gasteiger charge is 2.40. The Bertz CT molecular complexity index is 1880. The average Bonchev–Trinajstić information content (AvgIpc) is 3.08. The fourth-order valence-electron chi connectivity index (χ4n) is 9.02. The molecule has 2 atom stereocenters. The summed E-state index contributed by atoms with van der Waals surface area (Å²) >= 11 is 0. The lowest BCUT2D eigenvalue weighted by Crippen LogP contribution is -2.29. The second kappa shape index (κ2) is 9.14. The lowest BCUT2D eigenvalue weighted by atomic mass is 9.63. The van der Waals surface area contributed by atoms with Crippen molar-refractivity contribution in [2.75, 3.05) is 0 Å². The molecule has 10 rings (SSSR count). The Balaban J connectivity index is 1.34. The van der Waals surface area contributed by atoms with Crippen LogP contribution in [0, 0.1) is 11.8 Å². The van der Waals surface area contributed by atoms with Crippen LogP contribution < -0.4 is 0 Å².